The lowest BCUT2D eigenvalue weighted by molar-refractivity contribution is 0.316. The van der Waals surface area contributed by atoms with E-state index in [0.29, 0.717) is 6.04 Å². The van der Waals surface area contributed by atoms with Crippen LogP contribution in [0.2, 0.25) is 5.02 Å². The summed E-state index contributed by atoms with van der Waals surface area (Å²) in [6, 6.07) is 2.56. The molecule has 1 aliphatic rings. The molecule has 0 amide bonds. The first-order valence-corrected chi connectivity index (χ1v) is 7.93. The molecule has 2 nitrogen and oxygen atoms in total. The zero-order valence-electron chi connectivity index (χ0n) is 11.9. The van der Waals surface area contributed by atoms with Gasteiger partial charge < -0.3 is 5.32 Å². The summed E-state index contributed by atoms with van der Waals surface area (Å²) in [4.78, 5) is 4.05. The molecule has 3 heteroatoms. The van der Waals surface area contributed by atoms with Gasteiger partial charge in [0.25, 0.3) is 0 Å². The van der Waals surface area contributed by atoms with Gasteiger partial charge in [-0.15, -0.1) is 0 Å². The van der Waals surface area contributed by atoms with Gasteiger partial charge in [0.05, 0.1) is 5.02 Å². The van der Waals surface area contributed by atoms with Crippen molar-refractivity contribution in [1.82, 2.24) is 10.3 Å². The van der Waals surface area contributed by atoms with Gasteiger partial charge in [-0.25, -0.2) is 0 Å². The Morgan fingerprint density at radius 2 is 2.16 bits per heavy atom. The van der Waals surface area contributed by atoms with E-state index >= 15 is 0 Å². The molecule has 2 rings (SSSR count). The van der Waals surface area contributed by atoms with Crippen LogP contribution in [0.25, 0.3) is 0 Å². The van der Waals surface area contributed by atoms with E-state index < -0.39 is 0 Å². The largest absolute Gasteiger partial charge is 0.317 e. The third kappa shape index (κ3) is 4.77. The Balaban J connectivity index is 1.81. The number of likely N-dealkylation sites (N-methyl/N-ethyl adjacent to an activating group) is 1. The number of rotatable bonds is 6. The van der Waals surface area contributed by atoms with E-state index in [4.69, 9.17) is 11.6 Å². The molecule has 1 unspecified atom stereocenters. The van der Waals surface area contributed by atoms with Crippen LogP contribution in [0.1, 0.15) is 50.5 Å². The van der Waals surface area contributed by atoms with Crippen LogP contribution in [0, 0.1) is 5.92 Å². The quantitative estimate of drug-likeness (QED) is 0.844. The van der Waals surface area contributed by atoms with E-state index in [1.165, 1.54) is 50.5 Å². The van der Waals surface area contributed by atoms with Crippen molar-refractivity contribution in [2.24, 2.45) is 5.92 Å². The molecule has 0 aliphatic heterocycles. The Morgan fingerprint density at radius 3 is 2.84 bits per heavy atom. The summed E-state index contributed by atoms with van der Waals surface area (Å²) >= 11 is 6.18. The predicted octanol–water partition coefficient (Wildman–Crippen LogP) is 4.23. The fraction of sp³-hybridized carbons (Fsp3) is 0.688. The first-order valence-electron chi connectivity index (χ1n) is 7.55. The van der Waals surface area contributed by atoms with E-state index in [-0.39, 0.29) is 0 Å². The van der Waals surface area contributed by atoms with Gasteiger partial charge in [0.15, 0.2) is 0 Å². The summed E-state index contributed by atoms with van der Waals surface area (Å²) < 4.78 is 0. The molecule has 1 fully saturated rings. The second-order valence-electron chi connectivity index (χ2n) is 5.74. The number of aromatic nitrogens is 1. The van der Waals surface area contributed by atoms with Crippen molar-refractivity contribution in [2.75, 3.05) is 7.05 Å². The van der Waals surface area contributed by atoms with Gasteiger partial charge >= 0.3 is 0 Å². The van der Waals surface area contributed by atoms with Gasteiger partial charge in [-0.1, -0.05) is 43.7 Å². The SMILES string of the molecule is CNC(CCC1CCCCC1)Cc1ccncc1Cl. The van der Waals surface area contributed by atoms with Crippen LogP contribution >= 0.6 is 11.6 Å². The molecular formula is C16H25ClN2. The standard InChI is InChI=1S/C16H25ClN2/c1-18-15(8-7-13-5-3-2-4-6-13)11-14-9-10-19-12-16(14)17/h9-10,12-13,15,18H,2-8,11H2,1H3. The Hall–Kier alpha value is -0.600. The summed E-state index contributed by atoms with van der Waals surface area (Å²) in [6.45, 7) is 0. The molecule has 0 aromatic carbocycles. The molecular weight excluding hydrogens is 256 g/mol. The molecule has 0 saturated heterocycles. The molecule has 1 aromatic heterocycles. The minimum Gasteiger partial charge on any atom is -0.317 e. The molecule has 0 spiro atoms. The summed E-state index contributed by atoms with van der Waals surface area (Å²) in [7, 11) is 2.06. The highest BCUT2D eigenvalue weighted by Crippen LogP contribution is 2.28. The third-order valence-electron chi connectivity index (χ3n) is 4.38. The number of nitrogens with zero attached hydrogens (tertiary/aromatic N) is 1. The third-order valence-corrected chi connectivity index (χ3v) is 4.72. The van der Waals surface area contributed by atoms with Crippen LogP contribution < -0.4 is 5.32 Å². The predicted molar refractivity (Wildman–Crippen MR) is 81.6 cm³/mol. The first kappa shape index (κ1) is 14.8. The number of nitrogens with one attached hydrogen (secondary N) is 1. The van der Waals surface area contributed by atoms with E-state index in [2.05, 4.69) is 17.3 Å². The van der Waals surface area contributed by atoms with Gasteiger partial charge in [0.2, 0.25) is 0 Å². The second kappa shape index (κ2) is 7.86. The van der Waals surface area contributed by atoms with Crippen molar-refractivity contribution in [3.05, 3.63) is 29.0 Å². The molecule has 1 aliphatic carbocycles. The molecule has 106 valence electrons. The van der Waals surface area contributed by atoms with Crippen molar-refractivity contribution < 1.29 is 0 Å². The van der Waals surface area contributed by atoms with E-state index in [1.54, 1.807) is 6.20 Å². The average Bonchev–Trinajstić information content (AvgIpc) is 2.46. The van der Waals surface area contributed by atoms with Gasteiger partial charge in [0, 0.05) is 18.4 Å². The van der Waals surface area contributed by atoms with Crippen LogP contribution in [0.5, 0.6) is 0 Å². The number of hydrogen-bond acceptors (Lipinski definition) is 2. The van der Waals surface area contributed by atoms with Crippen molar-refractivity contribution >= 4 is 11.6 Å². The zero-order valence-corrected chi connectivity index (χ0v) is 12.6. The van der Waals surface area contributed by atoms with Crippen LogP contribution in [0.4, 0.5) is 0 Å². The smallest absolute Gasteiger partial charge is 0.0621 e. The maximum absolute atomic E-state index is 6.18. The maximum Gasteiger partial charge on any atom is 0.0621 e. The monoisotopic (exact) mass is 280 g/mol. The van der Waals surface area contributed by atoms with Crippen molar-refractivity contribution in [3.8, 4) is 0 Å². The number of hydrogen-bond donors (Lipinski definition) is 1. The summed E-state index contributed by atoms with van der Waals surface area (Å²) in [5.41, 5.74) is 1.21. The van der Waals surface area contributed by atoms with Gasteiger partial charge in [0.1, 0.15) is 0 Å². The normalized spacial score (nSPS) is 18.4. The van der Waals surface area contributed by atoms with Gasteiger partial charge in [-0.05, 0) is 43.9 Å². The molecule has 1 aromatic rings. The topological polar surface area (TPSA) is 24.9 Å². The molecule has 1 heterocycles. The van der Waals surface area contributed by atoms with Crippen LogP contribution in [-0.4, -0.2) is 18.1 Å². The molecule has 19 heavy (non-hydrogen) atoms. The lowest BCUT2D eigenvalue weighted by atomic mass is 9.84. The molecule has 0 bridgehead atoms. The van der Waals surface area contributed by atoms with Crippen LogP contribution in [-0.2, 0) is 6.42 Å². The van der Waals surface area contributed by atoms with E-state index in [1.807, 2.05) is 12.3 Å². The summed E-state index contributed by atoms with van der Waals surface area (Å²) in [6.07, 6.45) is 14.4. The van der Waals surface area contributed by atoms with Crippen molar-refractivity contribution in [1.29, 1.82) is 0 Å². The summed E-state index contributed by atoms with van der Waals surface area (Å²) in [5, 5.41) is 4.23. The van der Waals surface area contributed by atoms with Crippen molar-refractivity contribution in [3.63, 3.8) is 0 Å². The second-order valence-corrected chi connectivity index (χ2v) is 6.15. The Morgan fingerprint density at radius 1 is 1.37 bits per heavy atom. The molecule has 1 atom stereocenters. The van der Waals surface area contributed by atoms with Gasteiger partial charge in [-0.2, -0.15) is 0 Å². The van der Waals surface area contributed by atoms with Crippen molar-refractivity contribution in [2.45, 2.75) is 57.4 Å². The minimum absolute atomic E-state index is 0.529. The Kier molecular flexibility index (Phi) is 6.12. The van der Waals surface area contributed by atoms with E-state index in [0.717, 1.165) is 17.4 Å². The average molecular weight is 281 g/mol. The van der Waals surface area contributed by atoms with Crippen LogP contribution in [0.15, 0.2) is 18.5 Å². The maximum atomic E-state index is 6.18. The lowest BCUT2D eigenvalue weighted by Gasteiger charge is -2.24. The Labute approximate surface area is 122 Å². The lowest BCUT2D eigenvalue weighted by Crippen LogP contribution is -2.28. The molecule has 0 radical (unpaired) electrons. The fourth-order valence-corrected chi connectivity index (χ4v) is 3.29. The highest BCUT2D eigenvalue weighted by Gasteiger charge is 2.16. The minimum atomic E-state index is 0.529. The first-order chi connectivity index (χ1) is 9.29. The summed E-state index contributed by atoms with van der Waals surface area (Å²) in [5.74, 6) is 0.956. The fourth-order valence-electron chi connectivity index (χ4n) is 3.10. The van der Waals surface area contributed by atoms with E-state index in [9.17, 15) is 0 Å². The Bertz CT molecular complexity index is 375. The van der Waals surface area contributed by atoms with Crippen LogP contribution in [0.3, 0.4) is 0 Å². The highest BCUT2D eigenvalue weighted by molar-refractivity contribution is 6.31. The highest BCUT2D eigenvalue weighted by atomic mass is 35.5. The zero-order chi connectivity index (χ0) is 13.5. The molecule has 1 saturated carbocycles. The molecule has 1 N–H and O–H groups in total. The number of pyridine rings is 1. The van der Waals surface area contributed by atoms with Gasteiger partial charge in [-0.3, -0.25) is 4.98 Å². The number of halogens is 1.